The van der Waals surface area contributed by atoms with Gasteiger partial charge in [0, 0.05) is 18.7 Å². The summed E-state index contributed by atoms with van der Waals surface area (Å²) in [5, 5.41) is 8.92. The first-order valence-electron chi connectivity index (χ1n) is 5.98. The highest BCUT2D eigenvalue weighted by Crippen LogP contribution is 2.06. The zero-order valence-corrected chi connectivity index (χ0v) is 11.4. The quantitative estimate of drug-likeness (QED) is 0.474. The molecular weight excluding hydrogens is 260 g/mol. The molecule has 1 amide bonds. The lowest BCUT2D eigenvalue weighted by Gasteiger charge is -2.12. The van der Waals surface area contributed by atoms with E-state index in [4.69, 9.17) is 18.0 Å². The minimum Gasteiger partial charge on any atom is -0.388 e. The van der Waals surface area contributed by atoms with Crippen LogP contribution in [-0.4, -0.2) is 24.0 Å². The fourth-order valence-corrected chi connectivity index (χ4v) is 1.91. The molecule has 0 saturated carbocycles. The summed E-state index contributed by atoms with van der Waals surface area (Å²) in [6, 6.07) is 7.30. The molecule has 1 aliphatic rings. The van der Waals surface area contributed by atoms with Crippen molar-refractivity contribution in [2.45, 2.75) is 6.92 Å². The zero-order chi connectivity index (χ0) is 13.8. The van der Waals surface area contributed by atoms with E-state index >= 15 is 0 Å². The van der Waals surface area contributed by atoms with Gasteiger partial charge < -0.3 is 21.7 Å². The van der Waals surface area contributed by atoms with Crippen LogP contribution in [0.3, 0.4) is 0 Å². The molecule has 0 radical (unpaired) electrons. The molecule has 1 aliphatic heterocycles. The molecule has 1 aromatic carbocycles. The van der Waals surface area contributed by atoms with Crippen LogP contribution < -0.4 is 21.7 Å². The summed E-state index contributed by atoms with van der Waals surface area (Å²) < 4.78 is 0. The van der Waals surface area contributed by atoms with Crippen LogP contribution >= 0.6 is 12.2 Å². The number of aryl methyl sites for hydroxylation is 1. The average Bonchev–Trinajstić information content (AvgIpc) is 2.89. The van der Waals surface area contributed by atoms with Crippen molar-refractivity contribution in [1.82, 2.24) is 16.0 Å². The van der Waals surface area contributed by atoms with Crippen LogP contribution in [0.1, 0.15) is 15.9 Å². The Kier molecular flexibility index (Phi) is 4.01. The first-order valence-corrected chi connectivity index (χ1v) is 6.38. The second kappa shape index (κ2) is 5.71. The van der Waals surface area contributed by atoms with Crippen molar-refractivity contribution in [1.29, 1.82) is 0 Å². The van der Waals surface area contributed by atoms with Crippen LogP contribution in [0.5, 0.6) is 0 Å². The van der Waals surface area contributed by atoms with Crippen molar-refractivity contribution >= 4 is 23.1 Å². The number of benzene rings is 1. The lowest BCUT2D eigenvalue weighted by molar-refractivity contribution is 0.0967. The van der Waals surface area contributed by atoms with Gasteiger partial charge >= 0.3 is 0 Å². The second-order valence-corrected chi connectivity index (χ2v) is 4.73. The van der Waals surface area contributed by atoms with E-state index in [1.54, 1.807) is 12.1 Å². The highest BCUT2D eigenvalue weighted by Gasteiger charge is 2.16. The Balaban J connectivity index is 2.18. The molecule has 19 heavy (non-hydrogen) atoms. The summed E-state index contributed by atoms with van der Waals surface area (Å²) >= 11 is 4.97. The summed E-state index contributed by atoms with van der Waals surface area (Å²) in [5.41, 5.74) is 7.74. The van der Waals surface area contributed by atoms with E-state index < -0.39 is 0 Å². The van der Waals surface area contributed by atoms with Crippen molar-refractivity contribution in [2.75, 3.05) is 13.1 Å². The molecule has 0 aromatic heterocycles. The number of hydrogen-bond acceptors (Lipinski definition) is 4. The summed E-state index contributed by atoms with van der Waals surface area (Å²) in [7, 11) is 0. The lowest BCUT2D eigenvalue weighted by atomic mass is 10.1. The van der Waals surface area contributed by atoms with E-state index in [2.05, 4.69) is 16.0 Å². The molecule has 5 nitrogen and oxygen atoms in total. The molecule has 0 bridgehead atoms. The van der Waals surface area contributed by atoms with Gasteiger partial charge in [-0.25, -0.2) is 0 Å². The Morgan fingerprint density at radius 2 is 1.84 bits per heavy atom. The van der Waals surface area contributed by atoms with Crippen LogP contribution in [-0.2, 0) is 0 Å². The molecule has 1 heterocycles. The van der Waals surface area contributed by atoms with Gasteiger partial charge in [-0.3, -0.25) is 4.79 Å². The molecule has 0 unspecified atom stereocenters. The predicted molar refractivity (Wildman–Crippen MR) is 78.5 cm³/mol. The van der Waals surface area contributed by atoms with E-state index in [1.807, 2.05) is 19.1 Å². The predicted octanol–water partition coefficient (Wildman–Crippen LogP) is 0.373. The maximum absolute atomic E-state index is 12.1. The molecule has 100 valence electrons. The third-order valence-corrected chi connectivity index (χ3v) is 2.98. The Morgan fingerprint density at radius 1 is 1.26 bits per heavy atom. The number of thiocarbonyl (C=S) groups is 1. The van der Waals surface area contributed by atoms with E-state index in [0.29, 0.717) is 17.1 Å². The van der Waals surface area contributed by atoms with Crippen LogP contribution in [0.15, 0.2) is 35.8 Å². The Morgan fingerprint density at radius 3 is 2.37 bits per heavy atom. The average molecular weight is 276 g/mol. The molecule has 0 spiro atoms. The summed E-state index contributed by atoms with van der Waals surface area (Å²) in [4.78, 5) is 12.3. The van der Waals surface area contributed by atoms with Crippen LogP contribution in [0.2, 0.25) is 0 Å². The minimum atomic E-state index is -0.231. The molecule has 6 heteroatoms. The third kappa shape index (κ3) is 3.23. The van der Waals surface area contributed by atoms with Gasteiger partial charge in [0.25, 0.3) is 5.91 Å². The first kappa shape index (κ1) is 13.4. The number of amides is 1. The Bertz CT molecular complexity index is 528. The van der Waals surface area contributed by atoms with Gasteiger partial charge in [-0.1, -0.05) is 29.9 Å². The maximum Gasteiger partial charge on any atom is 0.255 e. The van der Waals surface area contributed by atoms with Gasteiger partial charge in [0.2, 0.25) is 0 Å². The number of nitrogens with two attached hydrogens (primary N) is 1. The number of carbonyl (C=O) groups excluding carboxylic acids is 1. The van der Waals surface area contributed by atoms with Crippen molar-refractivity contribution in [3.63, 3.8) is 0 Å². The topological polar surface area (TPSA) is 79.2 Å². The number of rotatable bonds is 3. The summed E-state index contributed by atoms with van der Waals surface area (Å²) in [5.74, 6) is 0.443. The number of hydrogen-bond donors (Lipinski definition) is 4. The van der Waals surface area contributed by atoms with E-state index in [0.717, 1.165) is 18.7 Å². The third-order valence-electron chi connectivity index (χ3n) is 2.78. The smallest absolute Gasteiger partial charge is 0.255 e. The van der Waals surface area contributed by atoms with Crippen molar-refractivity contribution in [3.8, 4) is 0 Å². The van der Waals surface area contributed by atoms with Gasteiger partial charge in [0.1, 0.15) is 16.5 Å². The van der Waals surface area contributed by atoms with E-state index in [1.165, 1.54) is 0 Å². The molecular formula is C13H16N4OS. The van der Waals surface area contributed by atoms with Gasteiger partial charge in [-0.2, -0.15) is 0 Å². The lowest BCUT2D eigenvalue weighted by Crippen LogP contribution is -2.35. The van der Waals surface area contributed by atoms with Gasteiger partial charge in [-0.15, -0.1) is 0 Å². The monoisotopic (exact) mass is 276 g/mol. The second-order valence-electron chi connectivity index (χ2n) is 4.29. The van der Waals surface area contributed by atoms with Gasteiger partial charge in [0.05, 0.1) is 0 Å². The number of nitrogens with one attached hydrogen (secondary N) is 3. The van der Waals surface area contributed by atoms with Crippen molar-refractivity contribution < 1.29 is 4.79 Å². The molecule has 0 atom stereocenters. The molecule has 1 saturated heterocycles. The Hall–Kier alpha value is -2.08. The largest absolute Gasteiger partial charge is 0.388 e. The zero-order valence-electron chi connectivity index (χ0n) is 10.6. The van der Waals surface area contributed by atoms with Crippen LogP contribution in [0.25, 0.3) is 0 Å². The van der Waals surface area contributed by atoms with Crippen LogP contribution in [0.4, 0.5) is 0 Å². The molecule has 5 N–H and O–H groups in total. The standard InChI is InChI=1S/C13H16N4OS/c1-8-2-4-9(5-3-8)13(18)17-10(11(14)19)12-15-6-7-16-12/h2-5,15-16H,6-7H2,1H3,(H2,14,19)(H,17,18). The van der Waals surface area contributed by atoms with Gasteiger partial charge in [0.15, 0.2) is 0 Å². The molecule has 0 aliphatic carbocycles. The SMILES string of the molecule is Cc1ccc(C(=O)NC(C(N)=S)=C2NCCN2)cc1. The molecule has 1 fully saturated rings. The van der Waals surface area contributed by atoms with Gasteiger partial charge in [-0.05, 0) is 19.1 Å². The highest BCUT2D eigenvalue weighted by atomic mass is 32.1. The van der Waals surface area contributed by atoms with E-state index in [-0.39, 0.29) is 10.9 Å². The highest BCUT2D eigenvalue weighted by molar-refractivity contribution is 7.80. The summed E-state index contributed by atoms with van der Waals surface area (Å²) in [6.07, 6.45) is 0. The fraction of sp³-hybridized carbons (Fsp3) is 0.231. The minimum absolute atomic E-state index is 0.150. The molecule has 1 aromatic rings. The maximum atomic E-state index is 12.1. The first-order chi connectivity index (χ1) is 9.08. The number of carbonyl (C=O) groups is 1. The van der Waals surface area contributed by atoms with Crippen molar-refractivity contribution in [3.05, 3.63) is 46.9 Å². The van der Waals surface area contributed by atoms with Crippen molar-refractivity contribution in [2.24, 2.45) is 5.73 Å². The summed E-state index contributed by atoms with van der Waals surface area (Å²) in [6.45, 7) is 3.53. The van der Waals surface area contributed by atoms with Crippen LogP contribution in [0, 0.1) is 6.92 Å². The fourth-order valence-electron chi connectivity index (χ4n) is 1.75. The normalized spacial score (nSPS) is 13.4. The molecule has 2 rings (SSSR count). The van der Waals surface area contributed by atoms with E-state index in [9.17, 15) is 4.79 Å². The Labute approximate surface area is 117 Å².